The zero-order chi connectivity index (χ0) is 13.5. The van der Waals surface area contributed by atoms with Gasteiger partial charge in [-0.15, -0.1) is 0 Å². The molecule has 0 bridgehead atoms. The molecule has 1 heterocycles. The maximum Gasteiger partial charge on any atom is 0.189 e. The Morgan fingerprint density at radius 1 is 1.11 bits per heavy atom. The van der Waals surface area contributed by atoms with Gasteiger partial charge in [0.1, 0.15) is 5.66 Å². The Hall–Kier alpha value is -1.13. The average Bonchev–Trinajstić information content (AvgIpc) is 2.70. The van der Waals surface area contributed by atoms with E-state index in [1.54, 1.807) is 0 Å². The van der Waals surface area contributed by atoms with Gasteiger partial charge in [0.25, 0.3) is 0 Å². The van der Waals surface area contributed by atoms with E-state index < -0.39 is 0 Å². The molecule has 0 aromatic heterocycles. The van der Waals surface area contributed by atoms with Gasteiger partial charge >= 0.3 is 0 Å². The van der Waals surface area contributed by atoms with E-state index >= 15 is 0 Å². The van der Waals surface area contributed by atoms with E-state index in [0.717, 1.165) is 23.6 Å². The minimum atomic E-state index is -0.00583. The molecule has 0 radical (unpaired) electrons. The molecule has 4 heteroatoms. The van der Waals surface area contributed by atoms with Crippen LogP contribution in [0.15, 0.2) is 18.2 Å². The van der Waals surface area contributed by atoms with Gasteiger partial charge in [-0.25, -0.2) is 5.43 Å². The first-order valence-corrected chi connectivity index (χ1v) is 7.48. The molecule has 2 aliphatic rings. The monoisotopic (exact) mass is 275 g/mol. The van der Waals surface area contributed by atoms with Crippen LogP contribution in [0.2, 0.25) is 0 Å². The molecular weight excluding hydrogens is 254 g/mol. The summed E-state index contributed by atoms with van der Waals surface area (Å²) in [5.74, 6) is 0. The minimum absolute atomic E-state index is 0.00583. The molecule has 3 rings (SSSR count). The highest BCUT2D eigenvalue weighted by Crippen LogP contribution is 2.31. The molecule has 0 unspecified atom stereocenters. The van der Waals surface area contributed by atoms with Crippen LogP contribution in [0.3, 0.4) is 0 Å². The molecule has 1 aromatic rings. The van der Waals surface area contributed by atoms with Crippen LogP contribution in [0.5, 0.6) is 0 Å². The van der Waals surface area contributed by atoms with E-state index in [4.69, 9.17) is 12.2 Å². The number of nitrogens with zero attached hydrogens (tertiary/aromatic N) is 1. The van der Waals surface area contributed by atoms with Crippen molar-refractivity contribution >= 4 is 23.0 Å². The van der Waals surface area contributed by atoms with Gasteiger partial charge in [0, 0.05) is 0 Å². The van der Waals surface area contributed by atoms with E-state index in [0.29, 0.717) is 0 Å². The topological polar surface area (TPSA) is 27.3 Å². The van der Waals surface area contributed by atoms with E-state index in [1.807, 2.05) is 5.01 Å². The average molecular weight is 275 g/mol. The molecule has 1 spiro atoms. The lowest BCUT2D eigenvalue weighted by Gasteiger charge is -2.33. The second-order valence-electron chi connectivity index (χ2n) is 5.79. The summed E-state index contributed by atoms with van der Waals surface area (Å²) in [5, 5.41) is 6.33. The zero-order valence-corrected chi connectivity index (χ0v) is 12.4. The summed E-state index contributed by atoms with van der Waals surface area (Å²) in [6.45, 7) is 4.28. The molecule has 3 nitrogen and oxygen atoms in total. The minimum Gasteiger partial charge on any atom is -0.342 e. The Morgan fingerprint density at radius 2 is 1.84 bits per heavy atom. The summed E-state index contributed by atoms with van der Waals surface area (Å²) < 4.78 is 0. The van der Waals surface area contributed by atoms with Crippen LogP contribution in [-0.2, 0) is 0 Å². The molecule has 0 atom stereocenters. The van der Waals surface area contributed by atoms with Gasteiger partial charge < -0.3 is 5.32 Å². The second kappa shape index (κ2) is 4.76. The van der Waals surface area contributed by atoms with Gasteiger partial charge in [0.15, 0.2) is 5.11 Å². The highest BCUT2D eigenvalue weighted by atomic mass is 32.1. The molecule has 0 amide bonds. The first-order chi connectivity index (χ1) is 9.10. The van der Waals surface area contributed by atoms with Gasteiger partial charge in [0.05, 0.1) is 5.69 Å². The Balaban J connectivity index is 1.85. The van der Waals surface area contributed by atoms with Gasteiger partial charge in [-0.3, -0.25) is 5.01 Å². The lowest BCUT2D eigenvalue weighted by molar-refractivity contribution is 0.238. The van der Waals surface area contributed by atoms with Crippen molar-refractivity contribution < 1.29 is 0 Å². The molecule has 1 aromatic carbocycles. The van der Waals surface area contributed by atoms with Gasteiger partial charge in [-0.05, 0) is 75.0 Å². The van der Waals surface area contributed by atoms with Crippen molar-refractivity contribution in [2.75, 3.05) is 5.01 Å². The summed E-state index contributed by atoms with van der Waals surface area (Å²) in [6.07, 6.45) is 6.16. The first-order valence-electron chi connectivity index (χ1n) is 7.07. The van der Waals surface area contributed by atoms with Crippen molar-refractivity contribution in [2.45, 2.75) is 51.6 Å². The Kier molecular flexibility index (Phi) is 3.23. The van der Waals surface area contributed by atoms with Crippen LogP contribution in [0.25, 0.3) is 0 Å². The van der Waals surface area contributed by atoms with Gasteiger partial charge in [-0.2, -0.15) is 0 Å². The molecule has 2 fully saturated rings. The van der Waals surface area contributed by atoms with Crippen molar-refractivity contribution in [3.05, 3.63) is 29.3 Å². The third-order valence-electron chi connectivity index (χ3n) is 4.33. The molecule has 1 saturated heterocycles. The number of nitrogens with one attached hydrogen (secondary N) is 2. The summed E-state index contributed by atoms with van der Waals surface area (Å²) in [4.78, 5) is 0. The zero-order valence-electron chi connectivity index (χ0n) is 11.6. The number of hydrogen-bond donors (Lipinski definition) is 2. The van der Waals surface area contributed by atoms with Crippen molar-refractivity contribution in [1.82, 2.24) is 10.7 Å². The summed E-state index contributed by atoms with van der Waals surface area (Å²) in [6, 6.07) is 6.48. The molecule has 2 N–H and O–H groups in total. The molecule has 1 saturated carbocycles. The third-order valence-corrected chi connectivity index (χ3v) is 4.62. The van der Waals surface area contributed by atoms with E-state index in [-0.39, 0.29) is 5.66 Å². The lowest BCUT2D eigenvalue weighted by Crippen LogP contribution is -2.52. The van der Waals surface area contributed by atoms with Crippen LogP contribution < -0.4 is 15.8 Å². The Bertz CT molecular complexity index is 506. The number of thiocarbonyl (C=S) groups is 1. The van der Waals surface area contributed by atoms with E-state index in [1.165, 1.54) is 30.4 Å². The maximum atomic E-state index is 5.50. The largest absolute Gasteiger partial charge is 0.342 e. The number of aryl methyl sites for hydroxylation is 2. The summed E-state index contributed by atoms with van der Waals surface area (Å²) >= 11 is 5.50. The van der Waals surface area contributed by atoms with Crippen LogP contribution in [0, 0.1) is 13.8 Å². The fraction of sp³-hybridized carbons (Fsp3) is 0.533. The van der Waals surface area contributed by atoms with Gasteiger partial charge in [0.2, 0.25) is 0 Å². The number of hydrogen-bond acceptors (Lipinski definition) is 2. The summed E-state index contributed by atoms with van der Waals surface area (Å²) in [5.41, 5.74) is 7.33. The maximum absolute atomic E-state index is 5.50. The predicted molar refractivity (Wildman–Crippen MR) is 83.1 cm³/mol. The molecular formula is C15H21N3S. The van der Waals surface area contributed by atoms with E-state index in [9.17, 15) is 0 Å². The fourth-order valence-electron chi connectivity index (χ4n) is 2.99. The lowest BCUT2D eigenvalue weighted by atomic mass is 9.90. The molecule has 1 aliphatic carbocycles. The number of rotatable bonds is 1. The van der Waals surface area contributed by atoms with Crippen LogP contribution in [0.1, 0.15) is 43.2 Å². The number of anilines is 1. The van der Waals surface area contributed by atoms with Crippen molar-refractivity contribution in [3.8, 4) is 0 Å². The highest BCUT2D eigenvalue weighted by molar-refractivity contribution is 7.80. The first kappa shape index (κ1) is 12.9. The smallest absolute Gasteiger partial charge is 0.189 e. The Morgan fingerprint density at radius 3 is 2.53 bits per heavy atom. The highest BCUT2D eigenvalue weighted by Gasteiger charge is 2.41. The van der Waals surface area contributed by atoms with Crippen molar-refractivity contribution in [1.29, 1.82) is 0 Å². The van der Waals surface area contributed by atoms with Crippen molar-refractivity contribution in [3.63, 3.8) is 0 Å². The number of benzene rings is 1. The second-order valence-corrected chi connectivity index (χ2v) is 6.18. The predicted octanol–water partition coefficient (Wildman–Crippen LogP) is 3.16. The molecule has 19 heavy (non-hydrogen) atoms. The van der Waals surface area contributed by atoms with Crippen LogP contribution >= 0.6 is 12.2 Å². The fourth-order valence-corrected chi connectivity index (χ4v) is 3.34. The van der Waals surface area contributed by atoms with Crippen LogP contribution in [-0.4, -0.2) is 10.8 Å². The standard InChI is InChI=1S/C15H21N3S/c1-11-6-7-13(10-12(11)2)18-14(19)16-15(17-18)8-4-3-5-9-15/h6-7,10,17H,3-5,8-9H2,1-2H3,(H,16,19). The SMILES string of the molecule is Cc1ccc(N2NC3(CCCCC3)NC2=S)cc1C. The number of hydrazine groups is 1. The molecule has 102 valence electrons. The normalized spacial score (nSPS) is 21.8. The quantitative estimate of drug-likeness (QED) is 0.770. The molecule has 1 aliphatic heterocycles. The van der Waals surface area contributed by atoms with Gasteiger partial charge in [-0.1, -0.05) is 12.5 Å². The van der Waals surface area contributed by atoms with Crippen LogP contribution in [0.4, 0.5) is 5.69 Å². The van der Waals surface area contributed by atoms with Crippen molar-refractivity contribution in [2.24, 2.45) is 0 Å². The Labute approximate surface area is 120 Å². The third kappa shape index (κ3) is 2.35. The van der Waals surface area contributed by atoms with E-state index in [2.05, 4.69) is 42.8 Å². The summed E-state index contributed by atoms with van der Waals surface area (Å²) in [7, 11) is 0.